The zero-order valence-electron chi connectivity index (χ0n) is 14.9. The van der Waals surface area contributed by atoms with Gasteiger partial charge in [0.25, 0.3) is 5.91 Å². The number of benzene rings is 1. The molecule has 1 aliphatic rings. The van der Waals surface area contributed by atoms with Crippen LogP contribution in [0.4, 0.5) is 5.13 Å². The van der Waals surface area contributed by atoms with Crippen molar-refractivity contribution in [2.75, 3.05) is 5.32 Å². The monoisotopic (exact) mass is 433 g/mol. The number of hydrogen-bond acceptors (Lipinski definition) is 6. The molecule has 0 spiro atoms. The van der Waals surface area contributed by atoms with Gasteiger partial charge in [0.05, 0.1) is 15.5 Å². The lowest BCUT2D eigenvalue weighted by Gasteiger charge is -2.13. The van der Waals surface area contributed by atoms with Gasteiger partial charge in [-0.1, -0.05) is 25.0 Å². The van der Waals surface area contributed by atoms with E-state index in [4.69, 9.17) is 0 Å². The van der Waals surface area contributed by atoms with Gasteiger partial charge in [0.15, 0.2) is 5.13 Å². The van der Waals surface area contributed by atoms with Gasteiger partial charge in [-0.15, -0.1) is 22.7 Å². The molecule has 2 heterocycles. The molecule has 1 aromatic carbocycles. The number of nitrogens with one attached hydrogen (secondary N) is 2. The molecular formula is C19H19N3O3S3. The van der Waals surface area contributed by atoms with E-state index in [9.17, 15) is 13.2 Å². The van der Waals surface area contributed by atoms with Crippen LogP contribution in [-0.2, 0) is 10.0 Å². The number of aromatic nitrogens is 1. The van der Waals surface area contributed by atoms with Crippen molar-refractivity contribution in [2.45, 2.75) is 36.6 Å². The van der Waals surface area contributed by atoms with Crippen LogP contribution >= 0.6 is 22.7 Å². The Balaban J connectivity index is 1.48. The predicted molar refractivity (Wildman–Crippen MR) is 112 cm³/mol. The molecule has 146 valence electrons. The van der Waals surface area contributed by atoms with Crippen molar-refractivity contribution >= 4 is 43.7 Å². The van der Waals surface area contributed by atoms with Crippen molar-refractivity contribution in [3.63, 3.8) is 0 Å². The van der Waals surface area contributed by atoms with E-state index in [1.807, 2.05) is 22.9 Å². The van der Waals surface area contributed by atoms with Gasteiger partial charge in [-0.25, -0.2) is 18.1 Å². The van der Waals surface area contributed by atoms with Crippen LogP contribution in [-0.4, -0.2) is 25.4 Å². The van der Waals surface area contributed by atoms with Crippen LogP contribution < -0.4 is 10.0 Å². The molecule has 4 rings (SSSR count). The van der Waals surface area contributed by atoms with Gasteiger partial charge in [0.1, 0.15) is 0 Å². The molecule has 28 heavy (non-hydrogen) atoms. The maximum absolute atomic E-state index is 12.6. The first-order chi connectivity index (χ1) is 13.5. The third-order valence-electron chi connectivity index (χ3n) is 4.58. The third-order valence-corrected chi connectivity index (χ3v) is 7.75. The number of thiazole rings is 1. The van der Waals surface area contributed by atoms with Crippen LogP contribution in [0.2, 0.25) is 0 Å². The third kappa shape index (κ3) is 4.33. The standard InChI is InChI=1S/C19H19N3O3S3/c23-18(21-19-20-16(12-27-19)17-9-4-10-26-17)13-5-3-8-15(11-13)28(24,25)22-14-6-1-2-7-14/h3-5,8-12,14,22H,1-2,6-7H2,(H,20,21,23). The SMILES string of the molecule is O=C(Nc1nc(-c2cccs2)cs1)c1cccc(S(=O)(=O)NC2CCCC2)c1. The number of carbonyl (C=O) groups is 1. The summed E-state index contributed by atoms with van der Waals surface area (Å²) in [7, 11) is -3.64. The molecule has 2 N–H and O–H groups in total. The molecule has 0 atom stereocenters. The molecule has 1 amide bonds. The summed E-state index contributed by atoms with van der Waals surface area (Å²) in [5.41, 5.74) is 1.09. The maximum Gasteiger partial charge on any atom is 0.257 e. The van der Waals surface area contributed by atoms with Crippen LogP contribution in [0, 0.1) is 0 Å². The van der Waals surface area contributed by atoms with Crippen molar-refractivity contribution in [2.24, 2.45) is 0 Å². The molecule has 2 aromatic heterocycles. The van der Waals surface area contributed by atoms with E-state index < -0.39 is 10.0 Å². The second-order valence-corrected chi connectivity index (χ2v) is 10.1. The molecule has 1 aliphatic carbocycles. The van der Waals surface area contributed by atoms with Crippen molar-refractivity contribution in [1.82, 2.24) is 9.71 Å². The Bertz CT molecular complexity index is 1070. The normalized spacial score (nSPS) is 15.0. The van der Waals surface area contributed by atoms with Gasteiger partial charge in [-0.2, -0.15) is 0 Å². The maximum atomic E-state index is 12.6. The molecule has 1 fully saturated rings. The van der Waals surface area contributed by atoms with Gasteiger partial charge in [-0.3, -0.25) is 10.1 Å². The molecule has 0 aliphatic heterocycles. The zero-order chi connectivity index (χ0) is 19.6. The fourth-order valence-electron chi connectivity index (χ4n) is 3.17. The first-order valence-corrected chi connectivity index (χ1v) is 12.2. The first kappa shape index (κ1) is 19.3. The van der Waals surface area contributed by atoms with E-state index in [-0.39, 0.29) is 22.4 Å². The Hall–Kier alpha value is -2.07. The fourth-order valence-corrected chi connectivity index (χ4v) is 5.99. The second-order valence-electron chi connectivity index (χ2n) is 6.60. The van der Waals surface area contributed by atoms with Gasteiger partial charge in [0.2, 0.25) is 10.0 Å². The van der Waals surface area contributed by atoms with Crippen LogP contribution in [0.25, 0.3) is 10.6 Å². The highest BCUT2D eigenvalue weighted by Crippen LogP contribution is 2.28. The van der Waals surface area contributed by atoms with Gasteiger partial charge in [0, 0.05) is 17.0 Å². The molecule has 0 bridgehead atoms. The topological polar surface area (TPSA) is 88.2 Å². The number of hydrogen-bond donors (Lipinski definition) is 2. The Morgan fingerprint density at radius 3 is 2.68 bits per heavy atom. The van der Waals surface area contributed by atoms with E-state index in [0.29, 0.717) is 5.13 Å². The number of nitrogens with zero attached hydrogens (tertiary/aromatic N) is 1. The fraction of sp³-hybridized carbons (Fsp3) is 0.263. The minimum Gasteiger partial charge on any atom is -0.298 e. The summed E-state index contributed by atoms with van der Waals surface area (Å²) in [6.45, 7) is 0. The predicted octanol–water partition coefficient (Wildman–Crippen LogP) is 4.34. The molecule has 3 aromatic rings. The Morgan fingerprint density at radius 2 is 1.93 bits per heavy atom. The van der Waals surface area contributed by atoms with Crippen LogP contribution in [0.3, 0.4) is 0 Å². The van der Waals surface area contributed by atoms with Crippen LogP contribution in [0.5, 0.6) is 0 Å². The number of thiophene rings is 1. The van der Waals surface area contributed by atoms with Crippen molar-refractivity contribution in [1.29, 1.82) is 0 Å². The van der Waals surface area contributed by atoms with Gasteiger partial charge in [-0.05, 0) is 42.5 Å². The summed E-state index contributed by atoms with van der Waals surface area (Å²) < 4.78 is 27.9. The second kappa shape index (κ2) is 8.12. The molecule has 0 unspecified atom stereocenters. The summed E-state index contributed by atoms with van der Waals surface area (Å²) in [5, 5.41) is 7.08. The van der Waals surface area contributed by atoms with Gasteiger partial charge < -0.3 is 0 Å². The lowest BCUT2D eigenvalue weighted by Crippen LogP contribution is -2.32. The highest BCUT2D eigenvalue weighted by Gasteiger charge is 2.23. The number of sulfonamides is 1. The Labute approximate surface area is 171 Å². The zero-order valence-corrected chi connectivity index (χ0v) is 17.4. The highest BCUT2D eigenvalue weighted by atomic mass is 32.2. The highest BCUT2D eigenvalue weighted by molar-refractivity contribution is 7.89. The van der Waals surface area contributed by atoms with E-state index in [2.05, 4.69) is 15.0 Å². The minimum absolute atomic E-state index is 0.0199. The number of rotatable bonds is 6. The summed E-state index contributed by atoms with van der Waals surface area (Å²) in [4.78, 5) is 18.1. The molecule has 6 nitrogen and oxygen atoms in total. The molecule has 0 saturated heterocycles. The minimum atomic E-state index is -3.64. The quantitative estimate of drug-likeness (QED) is 0.605. The van der Waals surface area contributed by atoms with Crippen LogP contribution in [0.15, 0.2) is 52.1 Å². The van der Waals surface area contributed by atoms with E-state index in [0.717, 1.165) is 36.3 Å². The Morgan fingerprint density at radius 1 is 1.11 bits per heavy atom. The largest absolute Gasteiger partial charge is 0.298 e. The number of anilines is 1. The average molecular weight is 434 g/mol. The molecule has 1 saturated carbocycles. The van der Waals surface area contributed by atoms with E-state index in [1.54, 1.807) is 23.5 Å². The van der Waals surface area contributed by atoms with E-state index >= 15 is 0 Å². The van der Waals surface area contributed by atoms with Crippen LogP contribution in [0.1, 0.15) is 36.0 Å². The van der Waals surface area contributed by atoms with Crippen molar-refractivity contribution < 1.29 is 13.2 Å². The Kier molecular flexibility index (Phi) is 5.58. The molecule has 9 heteroatoms. The molecular weight excluding hydrogens is 414 g/mol. The smallest absolute Gasteiger partial charge is 0.257 e. The number of carbonyl (C=O) groups excluding carboxylic acids is 1. The van der Waals surface area contributed by atoms with Crippen molar-refractivity contribution in [3.8, 4) is 10.6 Å². The molecule has 0 radical (unpaired) electrons. The van der Waals surface area contributed by atoms with Gasteiger partial charge >= 0.3 is 0 Å². The summed E-state index contributed by atoms with van der Waals surface area (Å²) >= 11 is 2.91. The lowest BCUT2D eigenvalue weighted by atomic mass is 10.2. The van der Waals surface area contributed by atoms with E-state index in [1.165, 1.54) is 23.5 Å². The average Bonchev–Trinajstić information content (AvgIpc) is 3.44. The van der Waals surface area contributed by atoms with Crippen molar-refractivity contribution in [3.05, 3.63) is 52.7 Å². The summed E-state index contributed by atoms with van der Waals surface area (Å²) in [6.07, 6.45) is 3.79. The first-order valence-electron chi connectivity index (χ1n) is 8.94. The number of amides is 1. The lowest BCUT2D eigenvalue weighted by molar-refractivity contribution is 0.102. The summed E-state index contributed by atoms with van der Waals surface area (Å²) in [6, 6.07) is 9.98. The summed E-state index contributed by atoms with van der Waals surface area (Å²) in [5.74, 6) is -0.384.